The number of Topliss-reactive ketones (excluding diaryl/α,β-unsaturated/α-hetero) is 1. The highest BCUT2D eigenvalue weighted by molar-refractivity contribution is 9.09. The Morgan fingerprint density at radius 2 is 2.20 bits per heavy atom. The molecule has 0 spiro atoms. The summed E-state index contributed by atoms with van der Waals surface area (Å²) in [6.07, 6.45) is 1.60. The smallest absolute Gasteiger partial charge is 0.191 e. The maximum Gasteiger partial charge on any atom is 0.191 e. The second kappa shape index (κ2) is 7.09. The average molecular weight is 343 g/mol. The van der Waals surface area contributed by atoms with Crippen molar-refractivity contribution in [1.29, 1.82) is 0 Å². The highest BCUT2D eigenvalue weighted by atomic mass is 79.9. The quantitative estimate of drug-likeness (QED) is 0.587. The molecule has 0 bridgehead atoms. The van der Waals surface area contributed by atoms with Gasteiger partial charge < -0.3 is 14.2 Å². The fourth-order valence-corrected chi connectivity index (χ4v) is 2.57. The number of ketones is 1. The zero-order valence-electron chi connectivity index (χ0n) is 11.8. The summed E-state index contributed by atoms with van der Waals surface area (Å²) in [4.78, 5) is 12.1. The molecular formula is C15H19BrO4. The molecule has 0 fully saturated rings. The molecule has 0 saturated heterocycles. The van der Waals surface area contributed by atoms with Crippen LogP contribution in [0.3, 0.4) is 0 Å². The van der Waals surface area contributed by atoms with Gasteiger partial charge >= 0.3 is 0 Å². The summed E-state index contributed by atoms with van der Waals surface area (Å²) in [6.45, 7) is 2.75. The Hall–Kier alpha value is -1.07. The highest BCUT2D eigenvalue weighted by Crippen LogP contribution is 2.37. The molecule has 2 rings (SSSR count). The van der Waals surface area contributed by atoms with Crippen LogP contribution in [0.25, 0.3) is 0 Å². The summed E-state index contributed by atoms with van der Waals surface area (Å²) in [7, 11) is 1.60. The predicted molar refractivity (Wildman–Crippen MR) is 80.1 cm³/mol. The fraction of sp³-hybridized carbons (Fsp3) is 0.533. The Morgan fingerprint density at radius 1 is 1.40 bits per heavy atom. The summed E-state index contributed by atoms with van der Waals surface area (Å²) in [5.74, 6) is 1.28. The third-order valence-electron chi connectivity index (χ3n) is 3.33. The maximum atomic E-state index is 12.1. The van der Waals surface area contributed by atoms with Gasteiger partial charge in [0.25, 0.3) is 0 Å². The molecule has 5 heteroatoms. The van der Waals surface area contributed by atoms with Gasteiger partial charge in [0, 0.05) is 16.5 Å². The third-order valence-corrected chi connectivity index (χ3v) is 3.89. The van der Waals surface area contributed by atoms with Crippen molar-refractivity contribution in [1.82, 2.24) is 0 Å². The molecule has 0 N–H and O–H groups in total. The number of alkyl halides is 1. The normalized spacial score (nSPS) is 17.8. The van der Waals surface area contributed by atoms with E-state index >= 15 is 0 Å². The number of unbranched alkanes of at least 4 members (excludes halogenated alkanes) is 1. The molecule has 0 aliphatic carbocycles. The second-order valence-electron chi connectivity index (χ2n) is 4.69. The minimum absolute atomic E-state index is 0.000730. The van der Waals surface area contributed by atoms with Crippen molar-refractivity contribution in [2.45, 2.75) is 32.5 Å². The van der Waals surface area contributed by atoms with Gasteiger partial charge in [0.1, 0.15) is 6.10 Å². The number of carbonyl (C=O) groups excluding carboxylic acids is 1. The average Bonchev–Trinajstić information content (AvgIpc) is 2.47. The zero-order valence-corrected chi connectivity index (χ0v) is 13.4. The monoisotopic (exact) mass is 342 g/mol. The van der Waals surface area contributed by atoms with Crippen LogP contribution in [-0.2, 0) is 11.3 Å². The van der Waals surface area contributed by atoms with Gasteiger partial charge in [-0.2, -0.15) is 0 Å². The van der Waals surface area contributed by atoms with Gasteiger partial charge in [-0.15, -0.1) is 0 Å². The Morgan fingerprint density at radius 3 is 2.90 bits per heavy atom. The first-order chi connectivity index (χ1) is 9.69. The number of hydrogen-bond acceptors (Lipinski definition) is 4. The van der Waals surface area contributed by atoms with E-state index in [0.29, 0.717) is 30.3 Å². The zero-order chi connectivity index (χ0) is 14.5. The standard InChI is InChI=1S/C15H19BrO4/c1-10-14(17)11-5-6-13(18-2)15(12(11)9-20-10)19-8-4-3-7-16/h5-6,10H,3-4,7-9H2,1-2H3. The summed E-state index contributed by atoms with van der Waals surface area (Å²) < 4.78 is 16.7. The number of fused-ring (bicyclic) bond motifs is 1. The van der Waals surface area contributed by atoms with Gasteiger partial charge in [-0.25, -0.2) is 0 Å². The van der Waals surface area contributed by atoms with E-state index in [9.17, 15) is 4.79 Å². The lowest BCUT2D eigenvalue weighted by Gasteiger charge is -2.24. The van der Waals surface area contributed by atoms with Crippen molar-refractivity contribution in [3.63, 3.8) is 0 Å². The Balaban J connectivity index is 2.26. The van der Waals surface area contributed by atoms with Crippen molar-refractivity contribution >= 4 is 21.7 Å². The van der Waals surface area contributed by atoms with Gasteiger partial charge in [-0.05, 0) is 31.9 Å². The summed E-state index contributed by atoms with van der Waals surface area (Å²) in [5, 5.41) is 0.958. The number of ether oxygens (including phenoxy) is 3. The van der Waals surface area contributed by atoms with Crippen LogP contribution in [0, 0.1) is 0 Å². The first-order valence-corrected chi connectivity index (χ1v) is 7.85. The van der Waals surface area contributed by atoms with Crippen molar-refractivity contribution in [2.75, 3.05) is 19.0 Å². The van der Waals surface area contributed by atoms with Crippen LogP contribution in [0.2, 0.25) is 0 Å². The molecule has 0 saturated carbocycles. The number of methoxy groups -OCH3 is 1. The Labute approximate surface area is 127 Å². The largest absolute Gasteiger partial charge is 0.493 e. The second-order valence-corrected chi connectivity index (χ2v) is 5.48. The van der Waals surface area contributed by atoms with Crippen LogP contribution in [-0.4, -0.2) is 30.9 Å². The van der Waals surface area contributed by atoms with Crippen LogP contribution < -0.4 is 9.47 Å². The van der Waals surface area contributed by atoms with E-state index in [1.165, 1.54) is 0 Å². The van der Waals surface area contributed by atoms with E-state index in [1.54, 1.807) is 26.2 Å². The highest BCUT2D eigenvalue weighted by Gasteiger charge is 2.28. The summed E-state index contributed by atoms with van der Waals surface area (Å²) in [5.41, 5.74) is 1.48. The molecule has 0 radical (unpaired) electrons. The van der Waals surface area contributed by atoms with E-state index in [-0.39, 0.29) is 5.78 Å². The van der Waals surface area contributed by atoms with E-state index in [0.717, 1.165) is 23.7 Å². The molecule has 1 unspecified atom stereocenters. The molecule has 1 aliphatic heterocycles. The van der Waals surface area contributed by atoms with Gasteiger partial charge in [0.05, 0.1) is 20.3 Å². The molecule has 1 aliphatic rings. The van der Waals surface area contributed by atoms with Crippen LogP contribution in [0.15, 0.2) is 12.1 Å². The molecule has 0 amide bonds. The van der Waals surface area contributed by atoms with Gasteiger partial charge in [0.15, 0.2) is 17.3 Å². The minimum atomic E-state index is -0.392. The molecule has 20 heavy (non-hydrogen) atoms. The van der Waals surface area contributed by atoms with Crippen LogP contribution in [0.4, 0.5) is 0 Å². The van der Waals surface area contributed by atoms with Crippen molar-refractivity contribution < 1.29 is 19.0 Å². The molecule has 1 heterocycles. The van der Waals surface area contributed by atoms with Crippen molar-refractivity contribution in [2.24, 2.45) is 0 Å². The molecular weight excluding hydrogens is 324 g/mol. The number of carbonyl (C=O) groups is 1. The number of benzene rings is 1. The maximum absolute atomic E-state index is 12.1. The lowest BCUT2D eigenvalue weighted by atomic mass is 9.97. The molecule has 1 aromatic carbocycles. The number of rotatable bonds is 6. The van der Waals surface area contributed by atoms with E-state index in [1.807, 2.05) is 0 Å². The Kier molecular flexibility index (Phi) is 5.43. The van der Waals surface area contributed by atoms with Crippen LogP contribution in [0.1, 0.15) is 35.7 Å². The van der Waals surface area contributed by atoms with Crippen molar-refractivity contribution in [3.05, 3.63) is 23.3 Å². The first-order valence-electron chi connectivity index (χ1n) is 6.73. The molecule has 4 nitrogen and oxygen atoms in total. The third kappa shape index (κ3) is 3.15. The molecule has 1 aromatic rings. The topological polar surface area (TPSA) is 44.8 Å². The first kappa shape index (κ1) is 15.3. The lowest BCUT2D eigenvalue weighted by Crippen LogP contribution is -2.27. The SMILES string of the molecule is COc1ccc2c(c1OCCCCBr)COC(C)C2=O. The van der Waals surface area contributed by atoms with Gasteiger partial charge in [-0.3, -0.25) is 4.79 Å². The molecule has 1 atom stereocenters. The Bertz CT molecular complexity index is 487. The van der Waals surface area contributed by atoms with Crippen molar-refractivity contribution in [3.8, 4) is 11.5 Å². The molecule has 0 aromatic heterocycles. The van der Waals surface area contributed by atoms with E-state index < -0.39 is 6.10 Å². The van der Waals surface area contributed by atoms with E-state index in [2.05, 4.69) is 15.9 Å². The lowest BCUT2D eigenvalue weighted by molar-refractivity contribution is 0.0324. The minimum Gasteiger partial charge on any atom is -0.493 e. The summed E-state index contributed by atoms with van der Waals surface area (Å²) >= 11 is 3.39. The van der Waals surface area contributed by atoms with Gasteiger partial charge in [-0.1, -0.05) is 15.9 Å². The molecule has 110 valence electrons. The van der Waals surface area contributed by atoms with Gasteiger partial charge in [0.2, 0.25) is 0 Å². The van der Waals surface area contributed by atoms with E-state index in [4.69, 9.17) is 14.2 Å². The fourth-order valence-electron chi connectivity index (χ4n) is 2.17. The number of halogens is 1. The predicted octanol–water partition coefficient (Wildman–Crippen LogP) is 3.35. The van der Waals surface area contributed by atoms with Crippen LogP contribution >= 0.6 is 15.9 Å². The van der Waals surface area contributed by atoms with Crippen LogP contribution in [0.5, 0.6) is 11.5 Å². The number of hydrogen-bond donors (Lipinski definition) is 0. The summed E-state index contributed by atoms with van der Waals surface area (Å²) in [6, 6.07) is 3.58.